The Morgan fingerprint density at radius 2 is 2.25 bits per heavy atom. The van der Waals surface area contributed by atoms with Crippen LogP contribution in [0.25, 0.3) is 0 Å². The van der Waals surface area contributed by atoms with Crippen LogP contribution in [0.3, 0.4) is 0 Å². The van der Waals surface area contributed by atoms with Gasteiger partial charge in [-0.15, -0.1) is 6.58 Å². The molecule has 0 atom stereocenters. The highest BCUT2D eigenvalue weighted by molar-refractivity contribution is 9.10. The standard InChI is InChI=1S/C13H16BrF2N3O/c1-3-6-18-13(17-2)19-8-9-7-10(14)4-5-11(9)20-12(15)16/h3-5,7,12H,1,6,8H2,2H3,(H2,17,18,19). The summed E-state index contributed by atoms with van der Waals surface area (Å²) in [4.78, 5) is 4.00. The number of nitrogens with one attached hydrogen (secondary N) is 2. The highest BCUT2D eigenvalue weighted by atomic mass is 79.9. The van der Waals surface area contributed by atoms with Crippen molar-refractivity contribution in [2.45, 2.75) is 13.2 Å². The lowest BCUT2D eigenvalue weighted by Crippen LogP contribution is -2.36. The highest BCUT2D eigenvalue weighted by Gasteiger charge is 2.10. The predicted octanol–water partition coefficient (Wildman–Crippen LogP) is 2.90. The molecule has 4 nitrogen and oxygen atoms in total. The Balaban J connectivity index is 2.74. The van der Waals surface area contributed by atoms with Gasteiger partial charge >= 0.3 is 6.61 Å². The Hall–Kier alpha value is -1.63. The van der Waals surface area contributed by atoms with Gasteiger partial charge in [-0.3, -0.25) is 4.99 Å². The zero-order chi connectivity index (χ0) is 15.0. The van der Waals surface area contributed by atoms with Crippen molar-refractivity contribution < 1.29 is 13.5 Å². The number of alkyl halides is 2. The van der Waals surface area contributed by atoms with Crippen molar-refractivity contribution in [1.29, 1.82) is 0 Å². The van der Waals surface area contributed by atoms with Crippen molar-refractivity contribution in [3.8, 4) is 5.75 Å². The molecule has 0 radical (unpaired) electrons. The van der Waals surface area contributed by atoms with Crippen molar-refractivity contribution in [2.75, 3.05) is 13.6 Å². The second-order valence-corrected chi connectivity index (χ2v) is 4.64. The molecule has 0 aliphatic rings. The molecule has 1 rings (SSSR count). The maximum absolute atomic E-state index is 12.3. The first-order chi connectivity index (χ1) is 9.56. The van der Waals surface area contributed by atoms with E-state index in [0.717, 1.165) is 4.47 Å². The fourth-order valence-corrected chi connectivity index (χ4v) is 1.87. The summed E-state index contributed by atoms with van der Waals surface area (Å²) in [6.07, 6.45) is 1.69. The number of guanidine groups is 1. The summed E-state index contributed by atoms with van der Waals surface area (Å²) in [7, 11) is 1.62. The van der Waals surface area contributed by atoms with Crippen LogP contribution in [0.4, 0.5) is 8.78 Å². The quantitative estimate of drug-likeness (QED) is 0.472. The smallest absolute Gasteiger partial charge is 0.387 e. The van der Waals surface area contributed by atoms with Gasteiger partial charge in [0.15, 0.2) is 5.96 Å². The van der Waals surface area contributed by atoms with Gasteiger partial charge in [-0.25, -0.2) is 0 Å². The number of hydrogen-bond donors (Lipinski definition) is 2. The van der Waals surface area contributed by atoms with E-state index in [2.05, 4.69) is 42.9 Å². The summed E-state index contributed by atoms with van der Waals surface area (Å²) >= 11 is 3.30. The number of rotatable bonds is 6. The van der Waals surface area contributed by atoms with Crippen molar-refractivity contribution >= 4 is 21.9 Å². The summed E-state index contributed by atoms with van der Waals surface area (Å²) in [5.41, 5.74) is 0.598. The predicted molar refractivity (Wildman–Crippen MR) is 79.2 cm³/mol. The molecular weight excluding hydrogens is 332 g/mol. The van der Waals surface area contributed by atoms with Gasteiger partial charge in [-0.1, -0.05) is 22.0 Å². The average Bonchev–Trinajstić information content (AvgIpc) is 2.41. The van der Waals surface area contributed by atoms with Crippen LogP contribution in [0, 0.1) is 0 Å². The van der Waals surface area contributed by atoms with Gasteiger partial charge in [0.2, 0.25) is 0 Å². The number of ether oxygens (including phenoxy) is 1. The molecular formula is C13H16BrF2N3O. The summed E-state index contributed by atoms with van der Waals surface area (Å²) in [5.74, 6) is 0.683. The number of aliphatic imine (C=N–C) groups is 1. The summed E-state index contributed by atoms with van der Waals surface area (Å²) < 4.78 is 29.9. The molecule has 0 saturated carbocycles. The van der Waals surface area contributed by atoms with E-state index in [9.17, 15) is 8.78 Å². The van der Waals surface area contributed by atoms with Gasteiger partial charge in [0.25, 0.3) is 0 Å². The van der Waals surface area contributed by atoms with Crippen LogP contribution in [0.5, 0.6) is 5.75 Å². The summed E-state index contributed by atoms with van der Waals surface area (Å²) in [6.45, 7) is 1.59. The van der Waals surface area contributed by atoms with E-state index in [1.54, 1.807) is 25.3 Å². The van der Waals surface area contributed by atoms with Crippen LogP contribution in [-0.2, 0) is 6.54 Å². The third kappa shape index (κ3) is 5.56. The largest absolute Gasteiger partial charge is 0.434 e. The Kier molecular flexibility index (Phi) is 7.00. The van der Waals surface area contributed by atoms with E-state index in [4.69, 9.17) is 0 Å². The lowest BCUT2D eigenvalue weighted by molar-refractivity contribution is -0.0504. The van der Waals surface area contributed by atoms with Crippen LogP contribution >= 0.6 is 15.9 Å². The molecule has 0 bridgehead atoms. The second-order valence-electron chi connectivity index (χ2n) is 3.73. The minimum absolute atomic E-state index is 0.134. The third-order valence-electron chi connectivity index (χ3n) is 2.32. The maximum Gasteiger partial charge on any atom is 0.387 e. The molecule has 0 fully saturated rings. The summed E-state index contributed by atoms with van der Waals surface area (Å²) in [6, 6.07) is 4.85. The Morgan fingerprint density at radius 1 is 1.50 bits per heavy atom. The summed E-state index contributed by atoms with van der Waals surface area (Å²) in [5, 5.41) is 5.99. The topological polar surface area (TPSA) is 45.7 Å². The molecule has 1 aromatic rings. The van der Waals surface area contributed by atoms with Crippen molar-refractivity contribution in [3.63, 3.8) is 0 Å². The first-order valence-corrected chi connectivity index (χ1v) is 6.64. The molecule has 110 valence electrons. The average molecular weight is 348 g/mol. The van der Waals surface area contributed by atoms with E-state index in [0.29, 0.717) is 24.6 Å². The molecule has 1 aromatic carbocycles. The lowest BCUT2D eigenvalue weighted by atomic mass is 10.2. The van der Waals surface area contributed by atoms with E-state index in [-0.39, 0.29) is 5.75 Å². The lowest BCUT2D eigenvalue weighted by Gasteiger charge is -2.14. The molecule has 0 spiro atoms. The molecule has 0 amide bonds. The Morgan fingerprint density at radius 3 is 2.85 bits per heavy atom. The fraction of sp³-hybridized carbons (Fsp3) is 0.308. The van der Waals surface area contributed by atoms with Crippen LogP contribution in [0.15, 0.2) is 40.3 Å². The van der Waals surface area contributed by atoms with Crippen LogP contribution in [0.1, 0.15) is 5.56 Å². The van der Waals surface area contributed by atoms with Crippen LogP contribution in [-0.4, -0.2) is 26.2 Å². The van der Waals surface area contributed by atoms with Gasteiger partial charge in [0, 0.05) is 30.2 Å². The molecule has 7 heteroatoms. The van der Waals surface area contributed by atoms with Crippen LogP contribution in [0.2, 0.25) is 0 Å². The molecule has 2 N–H and O–H groups in total. The van der Waals surface area contributed by atoms with Gasteiger partial charge in [0.1, 0.15) is 5.75 Å². The third-order valence-corrected chi connectivity index (χ3v) is 2.82. The van der Waals surface area contributed by atoms with Crippen molar-refractivity contribution in [3.05, 3.63) is 40.9 Å². The molecule has 0 saturated heterocycles. The van der Waals surface area contributed by atoms with Crippen molar-refractivity contribution in [2.24, 2.45) is 4.99 Å². The Labute approximate surface area is 125 Å². The minimum atomic E-state index is -2.85. The van der Waals surface area contributed by atoms with E-state index in [1.807, 2.05) is 0 Å². The van der Waals surface area contributed by atoms with E-state index >= 15 is 0 Å². The maximum atomic E-state index is 12.3. The first kappa shape index (κ1) is 16.4. The minimum Gasteiger partial charge on any atom is -0.434 e. The number of nitrogens with zero attached hydrogens (tertiary/aromatic N) is 1. The molecule has 0 unspecified atom stereocenters. The number of hydrogen-bond acceptors (Lipinski definition) is 2. The second kappa shape index (κ2) is 8.52. The molecule has 0 aliphatic carbocycles. The zero-order valence-electron chi connectivity index (χ0n) is 11.0. The number of halogens is 3. The molecule has 0 heterocycles. The SMILES string of the molecule is C=CCNC(=NC)NCc1cc(Br)ccc1OC(F)F. The monoisotopic (exact) mass is 347 g/mol. The fourth-order valence-electron chi connectivity index (χ4n) is 1.47. The zero-order valence-corrected chi connectivity index (χ0v) is 12.6. The molecule has 20 heavy (non-hydrogen) atoms. The first-order valence-electron chi connectivity index (χ1n) is 5.85. The van der Waals surface area contributed by atoms with E-state index < -0.39 is 6.61 Å². The number of benzene rings is 1. The van der Waals surface area contributed by atoms with E-state index in [1.165, 1.54) is 6.07 Å². The van der Waals surface area contributed by atoms with Gasteiger partial charge < -0.3 is 15.4 Å². The van der Waals surface area contributed by atoms with Crippen LogP contribution < -0.4 is 15.4 Å². The normalized spacial score (nSPS) is 11.3. The van der Waals surface area contributed by atoms with Gasteiger partial charge in [-0.2, -0.15) is 8.78 Å². The molecule has 0 aromatic heterocycles. The Bertz CT molecular complexity index is 481. The van der Waals surface area contributed by atoms with Crippen molar-refractivity contribution in [1.82, 2.24) is 10.6 Å². The van der Waals surface area contributed by atoms with Gasteiger partial charge in [-0.05, 0) is 18.2 Å². The molecule has 0 aliphatic heterocycles. The highest BCUT2D eigenvalue weighted by Crippen LogP contribution is 2.24. The van der Waals surface area contributed by atoms with Gasteiger partial charge in [0.05, 0.1) is 0 Å².